The number of sulfone groups is 1. The van der Waals surface area contributed by atoms with Gasteiger partial charge in [0.1, 0.15) is 17.2 Å². The number of benzene rings is 5. The molecule has 238 valence electrons. The van der Waals surface area contributed by atoms with Gasteiger partial charge >= 0.3 is 0 Å². The van der Waals surface area contributed by atoms with E-state index in [0.29, 0.717) is 11.5 Å². The van der Waals surface area contributed by atoms with Crippen molar-refractivity contribution in [2.75, 3.05) is 0 Å². The highest BCUT2D eigenvalue weighted by Crippen LogP contribution is 2.37. The predicted octanol–water partition coefficient (Wildman–Crippen LogP) is 10.4. The zero-order chi connectivity index (χ0) is 33.3. The zero-order valence-electron chi connectivity index (χ0n) is 27.8. The van der Waals surface area contributed by atoms with Crippen molar-refractivity contribution < 1.29 is 18.3 Å². The van der Waals surface area contributed by atoms with Crippen LogP contribution in [0.5, 0.6) is 17.2 Å². The van der Waals surface area contributed by atoms with Crippen LogP contribution in [0.1, 0.15) is 82.7 Å². The van der Waals surface area contributed by atoms with Crippen molar-refractivity contribution in [1.82, 2.24) is 0 Å². The summed E-state index contributed by atoms with van der Waals surface area (Å²) < 4.78 is 31.9. The molecule has 0 aliphatic carbocycles. The molecule has 0 amide bonds. The Hall–Kier alpha value is -4.35. The van der Waals surface area contributed by atoms with Crippen molar-refractivity contribution in [1.29, 1.82) is 0 Å². The topological polar surface area (TPSA) is 63.6 Å². The molecule has 5 aromatic rings. The number of hydrogen-bond donors (Lipinski definition) is 1. The fraction of sp³-hybridized carbons (Fsp3) is 0.268. The number of ether oxygens (including phenoxy) is 1. The maximum Gasteiger partial charge on any atom is 0.206 e. The first-order valence-corrected chi connectivity index (χ1v) is 17.3. The van der Waals surface area contributed by atoms with Crippen molar-refractivity contribution in [2.24, 2.45) is 0 Å². The first-order chi connectivity index (χ1) is 21.6. The summed E-state index contributed by atoms with van der Waals surface area (Å²) >= 11 is 0. The van der Waals surface area contributed by atoms with Crippen LogP contribution < -0.4 is 4.74 Å². The number of phenolic OH excluding ortho intramolecular Hbond substituents is 1. The highest BCUT2D eigenvalue weighted by Gasteiger charge is 2.27. The van der Waals surface area contributed by atoms with Crippen LogP contribution in [-0.2, 0) is 26.1 Å². The van der Waals surface area contributed by atoms with Crippen molar-refractivity contribution >= 4 is 9.84 Å². The van der Waals surface area contributed by atoms with Gasteiger partial charge in [-0.2, -0.15) is 0 Å². The van der Waals surface area contributed by atoms with Crippen molar-refractivity contribution in [3.05, 3.63) is 149 Å². The van der Waals surface area contributed by atoms with E-state index in [1.165, 1.54) is 58.7 Å². The summed E-state index contributed by atoms with van der Waals surface area (Å²) in [4.78, 5) is 0.280. The lowest BCUT2D eigenvalue weighted by atomic mass is 9.74. The minimum atomic E-state index is -3.69. The minimum Gasteiger partial charge on any atom is -0.508 e. The lowest BCUT2D eigenvalue weighted by Crippen LogP contribution is -2.22. The van der Waals surface area contributed by atoms with Crippen LogP contribution in [0.3, 0.4) is 0 Å². The summed E-state index contributed by atoms with van der Waals surface area (Å²) in [7, 11) is -3.69. The molecule has 0 saturated carbocycles. The van der Waals surface area contributed by atoms with Gasteiger partial charge < -0.3 is 9.84 Å². The molecule has 1 N–H and O–H groups in total. The smallest absolute Gasteiger partial charge is 0.206 e. The number of rotatable bonds is 10. The first kappa shape index (κ1) is 33.0. The van der Waals surface area contributed by atoms with E-state index in [9.17, 15) is 13.5 Å². The first-order valence-electron chi connectivity index (χ1n) is 15.8. The summed E-state index contributed by atoms with van der Waals surface area (Å²) in [5.41, 5.74) is 6.18. The van der Waals surface area contributed by atoms with Crippen LogP contribution in [0.15, 0.2) is 131 Å². The van der Waals surface area contributed by atoms with Gasteiger partial charge in [-0.25, -0.2) is 8.42 Å². The quantitative estimate of drug-likeness (QED) is 0.166. The predicted molar refractivity (Wildman–Crippen MR) is 187 cm³/mol. The van der Waals surface area contributed by atoms with Crippen LogP contribution in [0, 0.1) is 0 Å². The number of aromatic hydroxyl groups is 1. The van der Waals surface area contributed by atoms with Gasteiger partial charge in [-0.1, -0.05) is 109 Å². The van der Waals surface area contributed by atoms with E-state index < -0.39 is 9.84 Å². The van der Waals surface area contributed by atoms with Crippen molar-refractivity contribution in [3.8, 4) is 17.2 Å². The van der Waals surface area contributed by atoms with E-state index in [2.05, 4.69) is 109 Å². The number of hydrogen-bond acceptors (Lipinski definition) is 4. The van der Waals surface area contributed by atoms with Crippen LogP contribution in [0.4, 0.5) is 0 Å². The summed E-state index contributed by atoms with van der Waals surface area (Å²) in [6.45, 7) is 15.9. The zero-order valence-corrected chi connectivity index (χ0v) is 28.7. The Bertz CT molecular complexity index is 1880. The average molecular weight is 633 g/mol. The second-order valence-electron chi connectivity index (χ2n) is 13.7. The van der Waals surface area contributed by atoms with E-state index in [0.717, 1.165) is 12.0 Å². The maximum absolute atomic E-state index is 12.9. The third-order valence-electron chi connectivity index (χ3n) is 9.69. The largest absolute Gasteiger partial charge is 0.508 e. The van der Waals surface area contributed by atoms with Gasteiger partial charge in [0.2, 0.25) is 9.84 Å². The van der Waals surface area contributed by atoms with Crippen LogP contribution in [-0.4, -0.2) is 13.5 Å². The molecule has 0 aliphatic heterocycles. The van der Waals surface area contributed by atoms with Crippen LogP contribution in [0.2, 0.25) is 0 Å². The third kappa shape index (κ3) is 6.61. The molecular weight excluding hydrogens is 589 g/mol. The fourth-order valence-electron chi connectivity index (χ4n) is 5.70. The van der Waals surface area contributed by atoms with Gasteiger partial charge in [0.15, 0.2) is 0 Å². The van der Waals surface area contributed by atoms with Crippen LogP contribution in [0.25, 0.3) is 0 Å². The Kier molecular flexibility index (Phi) is 8.94. The van der Waals surface area contributed by atoms with E-state index in [-0.39, 0.29) is 31.8 Å². The highest BCUT2D eigenvalue weighted by atomic mass is 32.2. The molecule has 0 radical (unpaired) electrons. The molecule has 0 bridgehead atoms. The molecule has 0 aromatic heterocycles. The molecule has 0 spiro atoms. The monoisotopic (exact) mass is 632 g/mol. The van der Waals surface area contributed by atoms with Gasteiger partial charge in [0, 0.05) is 10.8 Å². The molecule has 0 saturated heterocycles. The second kappa shape index (κ2) is 12.4. The summed E-state index contributed by atoms with van der Waals surface area (Å²) in [5.74, 6) is 1.22. The molecule has 0 aliphatic rings. The summed E-state index contributed by atoms with van der Waals surface area (Å²) in [6.07, 6.45) is 1.11. The van der Waals surface area contributed by atoms with Gasteiger partial charge in [-0.05, 0) is 100 Å². The van der Waals surface area contributed by atoms with Gasteiger partial charge in [0.25, 0.3) is 0 Å². The standard InChI is InChI=1S/C41H44O4S/c1-8-39(2,3)29-9-11-30(12-10-29)40(4,5)31-13-15-32(16-14-31)41(6,7)33-17-21-35(22-18-33)45-36-23-27-38(28-24-36)46(43,44)37-25-19-34(42)20-26-37/h9-28,42H,8H2,1-7H3. The molecule has 0 fully saturated rings. The number of phenols is 1. The van der Waals surface area contributed by atoms with Gasteiger partial charge in [0.05, 0.1) is 9.79 Å². The minimum absolute atomic E-state index is 0.0166. The highest BCUT2D eigenvalue weighted by molar-refractivity contribution is 7.91. The molecule has 0 atom stereocenters. The van der Waals surface area contributed by atoms with Gasteiger partial charge in [-0.3, -0.25) is 0 Å². The Labute approximate surface area is 274 Å². The Balaban J connectivity index is 1.27. The van der Waals surface area contributed by atoms with Gasteiger partial charge in [-0.15, -0.1) is 0 Å². The second-order valence-corrected chi connectivity index (χ2v) is 15.7. The normalized spacial score (nSPS) is 12.6. The Morgan fingerprint density at radius 2 is 0.804 bits per heavy atom. The molecule has 5 aromatic carbocycles. The van der Waals surface area contributed by atoms with E-state index >= 15 is 0 Å². The Morgan fingerprint density at radius 3 is 1.17 bits per heavy atom. The molecule has 5 rings (SSSR count). The van der Waals surface area contributed by atoms with Crippen LogP contribution >= 0.6 is 0 Å². The average Bonchev–Trinajstić information content (AvgIpc) is 3.05. The van der Waals surface area contributed by atoms with E-state index in [1.54, 1.807) is 12.1 Å². The van der Waals surface area contributed by atoms with E-state index in [1.807, 2.05) is 12.1 Å². The third-order valence-corrected chi connectivity index (χ3v) is 11.5. The maximum atomic E-state index is 12.9. The Morgan fingerprint density at radius 1 is 0.500 bits per heavy atom. The molecule has 4 nitrogen and oxygen atoms in total. The van der Waals surface area contributed by atoms with Crippen molar-refractivity contribution in [2.45, 2.75) is 80.9 Å². The summed E-state index contributed by atoms with van der Waals surface area (Å²) in [6, 6.07) is 38.0. The lowest BCUT2D eigenvalue weighted by molar-refractivity contribution is 0.475. The lowest BCUT2D eigenvalue weighted by Gasteiger charge is -2.30. The molecule has 0 heterocycles. The van der Waals surface area contributed by atoms with E-state index in [4.69, 9.17) is 4.74 Å². The molecule has 5 heteroatoms. The molecular formula is C41H44O4S. The molecule has 46 heavy (non-hydrogen) atoms. The SMILES string of the molecule is CCC(C)(C)c1ccc(C(C)(C)c2ccc(C(C)(C)c3ccc(Oc4ccc(S(=O)(=O)c5ccc(O)cc5)cc4)cc3)cc2)cc1. The summed E-state index contributed by atoms with van der Waals surface area (Å²) in [5, 5.41) is 9.48. The fourth-order valence-corrected chi connectivity index (χ4v) is 6.96. The molecule has 0 unspecified atom stereocenters. The van der Waals surface area contributed by atoms with Crippen molar-refractivity contribution in [3.63, 3.8) is 0 Å².